The van der Waals surface area contributed by atoms with E-state index >= 15 is 0 Å². The molecule has 0 N–H and O–H groups in total. The van der Waals surface area contributed by atoms with Crippen molar-refractivity contribution in [1.29, 1.82) is 0 Å². The summed E-state index contributed by atoms with van der Waals surface area (Å²) in [5, 5.41) is 4.22. The third-order valence-corrected chi connectivity index (χ3v) is 5.57. The maximum Gasteiger partial charge on any atom is 0.240 e. The van der Waals surface area contributed by atoms with Crippen LogP contribution in [0.15, 0.2) is 41.1 Å². The highest BCUT2D eigenvalue weighted by molar-refractivity contribution is 6.32. The molecule has 1 aromatic heterocycles. The molecule has 0 spiro atoms. The van der Waals surface area contributed by atoms with Crippen LogP contribution in [0.1, 0.15) is 37.1 Å². The van der Waals surface area contributed by atoms with Crippen molar-refractivity contribution >= 4 is 29.3 Å². The monoisotopic (exact) mass is 389 g/mol. The first-order chi connectivity index (χ1) is 12.8. The van der Waals surface area contributed by atoms with Gasteiger partial charge in [-0.2, -0.15) is 0 Å². The molecule has 8 heteroatoms. The first-order valence-corrected chi connectivity index (χ1v) is 8.87. The second kappa shape index (κ2) is 7.15. The van der Waals surface area contributed by atoms with Gasteiger partial charge in [-0.25, -0.2) is 0 Å². The molecule has 3 amide bonds. The lowest BCUT2D eigenvalue weighted by Gasteiger charge is -2.31. The Kier molecular flexibility index (Phi) is 5.06. The molecule has 2 aromatic rings. The molecule has 1 aromatic carbocycles. The van der Waals surface area contributed by atoms with Crippen LogP contribution in [0, 0.1) is 0 Å². The second-order valence-electron chi connectivity index (χ2n) is 6.78. The maximum absolute atomic E-state index is 13.0. The number of nitrogens with zero attached hydrogens (tertiary/aromatic N) is 3. The molecule has 1 fully saturated rings. The number of imide groups is 1. The smallest absolute Gasteiger partial charge is 0.240 e. The Hall–Kier alpha value is -2.67. The SMILES string of the molecule is CC(c1ccon1)N(C)C(=O)CC1(c2ccccc2Cl)CC(=O)N(C)C1=O. The molecule has 1 aliphatic rings. The van der Waals surface area contributed by atoms with Crippen LogP contribution in [0.25, 0.3) is 0 Å². The van der Waals surface area contributed by atoms with Crippen LogP contribution in [-0.4, -0.2) is 46.8 Å². The lowest BCUT2D eigenvalue weighted by Crippen LogP contribution is -2.42. The summed E-state index contributed by atoms with van der Waals surface area (Å²) in [5.74, 6) is -1.04. The molecule has 2 unspecified atom stereocenters. The van der Waals surface area contributed by atoms with Crippen molar-refractivity contribution in [2.75, 3.05) is 14.1 Å². The van der Waals surface area contributed by atoms with Crippen LogP contribution in [0.5, 0.6) is 0 Å². The van der Waals surface area contributed by atoms with E-state index in [1.54, 1.807) is 37.4 Å². The van der Waals surface area contributed by atoms with Crippen molar-refractivity contribution in [3.63, 3.8) is 0 Å². The molecule has 0 bridgehead atoms. The van der Waals surface area contributed by atoms with Crippen LogP contribution in [0.2, 0.25) is 5.02 Å². The van der Waals surface area contributed by atoms with Crippen LogP contribution >= 0.6 is 11.6 Å². The van der Waals surface area contributed by atoms with E-state index in [1.807, 2.05) is 6.92 Å². The Bertz CT molecular complexity index is 883. The van der Waals surface area contributed by atoms with Gasteiger partial charge in [0.05, 0.1) is 11.5 Å². The number of rotatable bonds is 5. The van der Waals surface area contributed by atoms with Gasteiger partial charge in [-0.3, -0.25) is 19.3 Å². The van der Waals surface area contributed by atoms with Gasteiger partial charge in [0.25, 0.3) is 0 Å². The summed E-state index contributed by atoms with van der Waals surface area (Å²) >= 11 is 6.33. The Labute approximate surface area is 161 Å². The number of hydrogen-bond donors (Lipinski definition) is 0. The Morgan fingerprint density at radius 2 is 2.07 bits per heavy atom. The Balaban J connectivity index is 1.96. The van der Waals surface area contributed by atoms with E-state index in [0.29, 0.717) is 16.3 Å². The predicted molar refractivity (Wildman–Crippen MR) is 97.8 cm³/mol. The average Bonchev–Trinajstić information content (AvgIpc) is 3.25. The van der Waals surface area contributed by atoms with Gasteiger partial charge >= 0.3 is 0 Å². The number of hydrogen-bond acceptors (Lipinski definition) is 5. The van der Waals surface area contributed by atoms with Gasteiger partial charge in [-0.1, -0.05) is 35.0 Å². The minimum Gasteiger partial charge on any atom is -0.364 e. The van der Waals surface area contributed by atoms with E-state index < -0.39 is 11.3 Å². The highest BCUT2D eigenvalue weighted by Gasteiger charge is 2.53. The van der Waals surface area contributed by atoms with E-state index in [-0.39, 0.29) is 30.7 Å². The van der Waals surface area contributed by atoms with E-state index in [4.69, 9.17) is 16.1 Å². The summed E-state index contributed by atoms with van der Waals surface area (Å²) in [6.45, 7) is 1.81. The van der Waals surface area contributed by atoms with Crippen LogP contribution < -0.4 is 0 Å². The summed E-state index contributed by atoms with van der Waals surface area (Å²) < 4.78 is 4.84. The largest absolute Gasteiger partial charge is 0.364 e. The predicted octanol–water partition coefficient (Wildman–Crippen LogP) is 2.56. The molecular formula is C19H20ClN3O4. The number of likely N-dealkylation sites (tertiary alicyclic amines) is 1. The van der Waals surface area contributed by atoms with Gasteiger partial charge in [0.2, 0.25) is 17.7 Å². The molecule has 0 radical (unpaired) electrons. The van der Waals surface area contributed by atoms with E-state index in [2.05, 4.69) is 5.16 Å². The summed E-state index contributed by atoms with van der Waals surface area (Å²) in [6, 6.07) is 8.17. The fourth-order valence-electron chi connectivity index (χ4n) is 3.41. The number of halogens is 1. The summed E-state index contributed by atoms with van der Waals surface area (Å²) in [6.07, 6.45) is 1.18. The quantitative estimate of drug-likeness (QED) is 0.734. The third kappa shape index (κ3) is 3.23. The number of carbonyl (C=O) groups excluding carboxylic acids is 3. The fourth-order valence-corrected chi connectivity index (χ4v) is 3.73. The summed E-state index contributed by atoms with van der Waals surface area (Å²) in [4.78, 5) is 40.9. The first-order valence-electron chi connectivity index (χ1n) is 8.50. The molecule has 27 heavy (non-hydrogen) atoms. The van der Waals surface area contributed by atoms with Crippen LogP contribution in [0.3, 0.4) is 0 Å². The lowest BCUT2D eigenvalue weighted by molar-refractivity contribution is -0.141. The van der Waals surface area contributed by atoms with E-state index in [0.717, 1.165) is 4.90 Å². The van der Waals surface area contributed by atoms with Crippen LogP contribution in [-0.2, 0) is 19.8 Å². The minimum atomic E-state index is -1.31. The zero-order chi connectivity index (χ0) is 19.8. The Morgan fingerprint density at radius 1 is 1.37 bits per heavy atom. The summed E-state index contributed by atoms with van der Waals surface area (Å²) in [5.41, 5.74) is -0.215. The standard InChI is InChI=1S/C19H20ClN3O4/c1-12(15-8-9-27-21-15)22(2)16(24)10-19(11-17(25)23(3)18(19)26)13-6-4-5-7-14(13)20/h4-9,12H,10-11H2,1-3H3. The van der Waals surface area contributed by atoms with Gasteiger partial charge in [0.1, 0.15) is 12.0 Å². The van der Waals surface area contributed by atoms with Crippen molar-refractivity contribution in [1.82, 2.24) is 15.0 Å². The number of benzene rings is 1. The highest BCUT2D eigenvalue weighted by Crippen LogP contribution is 2.43. The molecule has 142 valence electrons. The molecule has 1 saturated heterocycles. The third-order valence-electron chi connectivity index (χ3n) is 5.24. The first kappa shape index (κ1) is 19.1. The maximum atomic E-state index is 13.0. The lowest BCUT2D eigenvalue weighted by atomic mass is 9.75. The van der Waals surface area contributed by atoms with Crippen molar-refractivity contribution in [2.45, 2.75) is 31.2 Å². The van der Waals surface area contributed by atoms with Gasteiger partial charge in [-0.15, -0.1) is 0 Å². The van der Waals surface area contributed by atoms with Gasteiger partial charge in [0, 0.05) is 38.0 Å². The highest BCUT2D eigenvalue weighted by atomic mass is 35.5. The van der Waals surface area contributed by atoms with E-state index in [1.165, 1.54) is 18.2 Å². The van der Waals surface area contributed by atoms with Gasteiger partial charge in [-0.05, 0) is 18.6 Å². The van der Waals surface area contributed by atoms with Crippen molar-refractivity contribution in [2.24, 2.45) is 0 Å². The number of aromatic nitrogens is 1. The molecule has 0 aliphatic carbocycles. The molecular weight excluding hydrogens is 370 g/mol. The summed E-state index contributed by atoms with van der Waals surface area (Å²) in [7, 11) is 3.06. The van der Waals surface area contributed by atoms with Gasteiger partial charge in [0.15, 0.2) is 0 Å². The number of carbonyl (C=O) groups is 3. The molecule has 1 aliphatic heterocycles. The van der Waals surface area contributed by atoms with Crippen molar-refractivity contribution in [3.05, 3.63) is 52.9 Å². The zero-order valence-corrected chi connectivity index (χ0v) is 16.1. The number of likely N-dealkylation sites (N-methyl/N-ethyl adjacent to an activating group) is 1. The van der Waals surface area contributed by atoms with Crippen molar-refractivity contribution in [3.8, 4) is 0 Å². The topological polar surface area (TPSA) is 83.7 Å². The minimum absolute atomic E-state index is 0.0933. The van der Waals surface area contributed by atoms with Gasteiger partial charge < -0.3 is 9.42 Å². The second-order valence-corrected chi connectivity index (χ2v) is 7.19. The average molecular weight is 390 g/mol. The normalized spacial score (nSPS) is 20.8. The van der Waals surface area contributed by atoms with Crippen molar-refractivity contribution < 1.29 is 18.9 Å². The fraction of sp³-hybridized carbons (Fsp3) is 0.368. The van der Waals surface area contributed by atoms with E-state index in [9.17, 15) is 14.4 Å². The van der Waals surface area contributed by atoms with Crippen LogP contribution in [0.4, 0.5) is 0 Å². The molecule has 7 nitrogen and oxygen atoms in total. The molecule has 2 atom stereocenters. The Morgan fingerprint density at radius 3 is 2.63 bits per heavy atom. The molecule has 2 heterocycles. The molecule has 0 saturated carbocycles. The molecule has 3 rings (SSSR count). The number of amides is 3. The zero-order valence-electron chi connectivity index (χ0n) is 15.3.